The summed E-state index contributed by atoms with van der Waals surface area (Å²) in [5, 5.41) is 36.1. The van der Waals surface area contributed by atoms with E-state index in [2.05, 4.69) is 84.5 Å². The van der Waals surface area contributed by atoms with Crippen molar-refractivity contribution in [2.75, 3.05) is 23.7 Å². The first kappa shape index (κ1) is 31.0. The van der Waals surface area contributed by atoms with Gasteiger partial charge in [0, 0.05) is 48.5 Å². The van der Waals surface area contributed by atoms with Crippen LogP contribution in [0.3, 0.4) is 0 Å². The number of halogens is 1. The van der Waals surface area contributed by atoms with Crippen molar-refractivity contribution in [3.05, 3.63) is 77.0 Å². The lowest BCUT2D eigenvalue weighted by Gasteiger charge is -2.32. The Hall–Kier alpha value is -4.48. The number of rotatable bonds is 9. The highest BCUT2D eigenvalue weighted by atomic mass is 19.1. The van der Waals surface area contributed by atoms with Crippen molar-refractivity contribution in [2.45, 2.75) is 71.5 Å². The Morgan fingerprint density at radius 2 is 1.75 bits per heavy atom. The number of fused-ring (bicyclic) bond motifs is 1. The van der Waals surface area contributed by atoms with Crippen LogP contribution in [0, 0.1) is 33.9 Å². The Labute approximate surface area is 259 Å². The van der Waals surface area contributed by atoms with Crippen LogP contribution in [0.25, 0.3) is 10.9 Å². The second-order valence-corrected chi connectivity index (χ2v) is 13.7. The number of anilines is 2. The molecule has 5 rings (SSSR count). The molecule has 2 N–H and O–H groups in total. The van der Waals surface area contributed by atoms with Crippen LogP contribution in [-0.4, -0.2) is 57.4 Å². The van der Waals surface area contributed by atoms with Crippen LogP contribution >= 0.6 is 0 Å². The first-order chi connectivity index (χ1) is 20.7. The third kappa shape index (κ3) is 6.53. The molecular weight excluding hydrogens is 552 g/mol. The minimum Gasteiger partial charge on any atom is -0.383 e. The van der Waals surface area contributed by atoms with E-state index in [0.29, 0.717) is 63.8 Å². The molecule has 224 valence electrons. The van der Waals surface area contributed by atoms with Gasteiger partial charge < -0.3 is 10.6 Å². The van der Waals surface area contributed by atoms with Crippen molar-refractivity contribution in [3.63, 3.8) is 0 Å². The SMILES string of the molecule is [B][C@](Nc1cc(C#N)c2ncc(C#N)c(NCC(C)(C)C)c2c1)(c1ccc(F)cc1)c1cn(CCC2CN2C(C)(C)C)nn1. The van der Waals surface area contributed by atoms with E-state index in [1.165, 1.54) is 18.3 Å². The van der Waals surface area contributed by atoms with Gasteiger partial charge >= 0.3 is 0 Å². The highest BCUT2D eigenvalue weighted by Crippen LogP contribution is 2.36. The largest absolute Gasteiger partial charge is 0.383 e. The number of hydrogen-bond donors (Lipinski definition) is 2. The van der Waals surface area contributed by atoms with Crippen LogP contribution in [0.5, 0.6) is 0 Å². The van der Waals surface area contributed by atoms with Gasteiger partial charge in [0.15, 0.2) is 0 Å². The van der Waals surface area contributed by atoms with Crippen molar-refractivity contribution in [3.8, 4) is 12.1 Å². The molecule has 2 radical (unpaired) electrons. The van der Waals surface area contributed by atoms with Crippen molar-refractivity contribution < 1.29 is 4.39 Å². The zero-order chi connectivity index (χ0) is 31.9. The van der Waals surface area contributed by atoms with Crippen molar-refractivity contribution in [1.29, 1.82) is 10.5 Å². The van der Waals surface area contributed by atoms with Crippen LogP contribution in [0.2, 0.25) is 0 Å². The summed E-state index contributed by atoms with van der Waals surface area (Å²) in [4.78, 5) is 6.89. The Balaban J connectivity index is 1.53. The van der Waals surface area contributed by atoms with E-state index in [1.54, 1.807) is 29.1 Å². The van der Waals surface area contributed by atoms with E-state index in [1.807, 2.05) is 6.07 Å². The first-order valence-electron chi connectivity index (χ1n) is 14.7. The summed E-state index contributed by atoms with van der Waals surface area (Å²) in [7, 11) is 7.10. The Morgan fingerprint density at radius 3 is 2.36 bits per heavy atom. The van der Waals surface area contributed by atoms with Crippen LogP contribution in [-0.2, 0) is 12.0 Å². The maximum absolute atomic E-state index is 14.0. The smallest absolute Gasteiger partial charge is 0.123 e. The van der Waals surface area contributed by atoms with Crippen LogP contribution < -0.4 is 10.6 Å². The quantitative estimate of drug-likeness (QED) is 0.194. The molecule has 1 saturated heterocycles. The molecule has 0 saturated carbocycles. The molecule has 2 unspecified atom stereocenters. The minimum atomic E-state index is -1.43. The zero-order valence-electron chi connectivity index (χ0n) is 26.1. The van der Waals surface area contributed by atoms with Crippen molar-refractivity contribution >= 4 is 30.1 Å². The third-order valence-corrected chi connectivity index (χ3v) is 7.86. The molecule has 1 aliphatic rings. The molecular formula is C33H37BFN9. The van der Waals surface area contributed by atoms with Gasteiger partial charge in [0.05, 0.1) is 34.0 Å². The maximum atomic E-state index is 14.0. The fourth-order valence-corrected chi connectivity index (χ4v) is 5.43. The fraction of sp³-hybridized carbons (Fsp3) is 0.424. The van der Waals surface area contributed by atoms with Gasteiger partial charge in [-0.1, -0.05) is 38.1 Å². The summed E-state index contributed by atoms with van der Waals surface area (Å²) in [5.41, 5.74) is 1.86. The molecule has 2 aromatic carbocycles. The molecule has 4 aromatic rings. The van der Waals surface area contributed by atoms with E-state index < -0.39 is 11.3 Å². The summed E-state index contributed by atoms with van der Waals surface area (Å²) < 4.78 is 15.8. The van der Waals surface area contributed by atoms with Crippen LogP contribution in [0.15, 0.2) is 48.8 Å². The van der Waals surface area contributed by atoms with Gasteiger partial charge in [0.2, 0.25) is 0 Å². The lowest BCUT2D eigenvalue weighted by atomic mass is 9.69. The van der Waals surface area contributed by atoms with Crippen molar-refractivity contribution in [2.24, 2.45) is 5.41 Å². The second kappa shape index (κ2) is 11.6. The van der Waals surface area contributed by atoms with Gasteiger partial charge in [-0.05, 0) is 62.4 Å². The summed E-state index contributed by atoms with van der Waals surface area (Å²) in [6.07, 6.45) is 4.21. The maximum Gasteiger partial charge on any atom is 0.123 e. The summed E-state index contributed by atoms with van der Waals surface area (Å²) in [6, 6.07) is 14.3. The normalized spacial score (nSPS) is 17.8. The summed E-state index contributed by atoms with van der Waals surface area (Å²) in [5.74, 6) is -0.394. The number of pyridine rings is 1. The van der Waals surface area contributed by atoms with Gasteiger partial charge in [-0.3, -0.25) is 14.6 Å². The molecule has 0 bridgehead atoms. The molecule has 2 aromatic heterocycles. The predicted molar refractivity (Wildman–Crippen MR) is 171 cm³/mol. The van der Waals surface area contributed by atoms with Gasteiger partial charge in [0.1, 0.15) is 31.5 Å². The van der Waals surface area contributed by atoms with Gasteiger partial charge in [-0.15, -0.1) is 5.10 Å². The number of benzene rings is 2. The molecule has 1 aliphatic heterocycles. The molecule has 11 heteroatoms. The number of aromatic nitrogens is 4. The average molecular weight is 590 g/mol. The van der Waals surface area contributed by atoms with E-state index in [9.17, 15) is 14.9 Å². The standard InChI is InChI=1S/C33H37BFN9/c1-31(2,3)20-39-30-22(16-37)17-38-29-21(15-36)13-25(14-27(29)30)40-33(34,23-7-9-24(35)10-8-23)28-19-43(42-41-28)12-11-26-18-44(26)32(4,5)6/h7-10,13-14,17,19,26,40H,11-12,18,20H2,1-6H3,(H,38,39)/t26?,33-,44?/m0/s1. The number of nitriles is 2. The van der Waals surface area contributed by atoms with Gasteiger partial charge in [-0.2, -0.15) is 10.5 Å². The monoisotopic (exact) mass is 589 g/mol. The zero-order valence-corrected chi connectivity index (χ0v) is 26.1. The lowest BCUT2D eigenvalue weighted by Crippen LogP contribution is -2.38. The number of nitrogens with zero attached hydrogens (tertiary/aromatic N) is 7. The Kier molecular flexibility index (Phi) is 8.13. The van der Waals surface area contributed by atoms with E-state index in [4.69, 9.17) is 7.85 Å². The second-order valence-electron chi connectivity index (χ2n) is 13.7. The van der Waals surface area contributed by atoms with Crippen LogP contribution in [0.4, 0.5) is 15.8 Å². The van der Waals surface area contributed by atoms with Crippen molar-refractivity contribution in [1.82, 2.24) is 24.9 Å². The van der Waals surface area contributed by atoms with E-state index in [-0.39, 0.29) is 11.0 Å². The summed E-state index contributed by atoms with van der Waals surface area (Å²) in [6.45, 7) is 15.2. The number of aryl methyl sites for hydroxylation is 1. The topological polar surface area (TPSA) is 118 Å². The van der Waals surface area contributed by atoms with E-state index >= 15 is 0 Å². The highest BCUT2D eigenvalue weighted by Gasteiger charge is 2.41. The lowest BCUT2D eigenvalue weighted by molar-refractivity contribution is 0.278. The van der Waals surface area contributed by atoms with E-state index in [0.717, 1.165) is 13.0 Å². The molecule has 0 amide bonds. The Morgan fingerprint density at radius 1 is 1.05 bits per heavy atom. The minimum absolute atomic E-state index is 0.0679. The molecule has 3 heterocycles. The highest BCUT2D eigenvalue weighted by molar-refractivity contribution is 6.19. The molecule has 0 spiro atoms. The fourth-order valence-electron chi connectivity index (χ4n) is 5.43. The number of hydrogen-bond acceptors (Lipinski definition) is 8. The number of nitrogens with one attached hydrogen (secondary N) is 2. The summed E-state index contributed by atoms with van der Waals surface area (Å²) >= 11 is 0. The van der Waals surface area contributed by atoms with Crippen LogP contribution in [0.1, 0.15) is 70.3 Å². The molecule has 0 aliphatic carbocycles. The molecule has 44 heavy (non-hydrogen) atoms. The third-order valence-electron chi connectivity index (χ3n) is 7.86. The average Bonchev–Trinajstić information content (AvgIpc) is 3.61. The Bertz CT molecular complexity index is 1760. The molecule has 1 fully saturated rings. The van der Waals surface area contributed by atoms with Gasteiger partial charge in [-0.25, -0.2) is 4.39 Å². The molecule has 3 atom stereocenters. The first-order valence-corrected chi connectivity index (χ1v) is 14.7. The predicted octanol–water partition coefficient (Wildman–Crippen LogP) is 5.52. The van der Waals surface area contributed by atoms with Gasteiger partial charge in [0.25, 0.3) is 0 Å². The molecule has 9 nitrogen and oxygen atoms in total.